The predicted molar refractivity (Wildman–Crippen MR) is 81.2 cm³/mol. The number of rotatable bonds is 3. The van der Waals surface area contributed by atoms with Crippen LogP contribution in [-0.4, -0.2) is 42.8 Å². The molecule has 0 spiro atoms. The fourth-order valence-electron chi connectivity index (χ4n) is 3.52. The quantitative estimate of drug-likeness (QED) is 0.670. The zero-order valence-corrected chi connectivity index (χ0v) is 13.2. The van der Waals surface area contributed by atoms with Gasteiger partial charge in [-0.3, -0.25) is 10.1 Å². The maximum atomic E-state index is 13.1. The lowest BCUT2D eigenvalue weighted by molar-refractivity contribution is -0.385. The molecular formula is C14H19N3O4S. The van der Waals surface area contributed by atoms with E-state index in [4.69, 9.17) is 0 Å². The predicted octanol–water partition coefficient (Wildman–Crippen LogP) is 1.42. The summed E-state index contributed by atoms with van der Waals surface area (Å²) in [7, 11) is -3.72. The number of hydrogen-bond donors (Lipinski definition) is 1. The number of nitro groups is 1. The number of sulfonamides is 1. The summed E-state index contributed by atoms with van der Waals surface area (Å²) in [4.78, 5) is 10.6. The maximum Gasteiger partial charge on any atom is 0.273 e. The molecule has 0 aromatic heterocycles. The molecular weight excluding hydrogens is 306 g/mol. The van der Waals surface area contributed by atoms with Crippen molar-refractivity contribution in [2.24, 2.45) is 0 Å². The van der Waals surface area contributed by atoms with Crippen molar-refractivity contribution in [1.82, 2.24) is 9.62 Å². The molecule has 2 fully saturated rings. The minimum atomic E-state index is -3.72. The van der Waals surface area contributed by atoms with Crippen molar-refractivity contribution < 1.29 is 13.3 Å². The number of nitrogens with zero attached hydrogens (tertiary/aromatic N) is 2. The Bertz CT molecular complexity index is 690. The molecule has 1 aromatic carbocycles. The van der Waals surface area contributed by atoms with Gasteiger partial charge < -0.3 is 5.32 Å². The Kier molecular flexibility index (Phi) is 3.92. The van der Waals surface area contributed by atoms with E-state index in [9.17, 15) is 18.5 Å². The Labute approximate surface area is 129 Å². The molecule has 2 heterocycles. The summed E-state index contributed by atoms with van der Waals surface area (Å²) >= 11 is 0. The molecule has 1 N–H and O–H groups in total. The van der Waals surface area contributed by atoms with Crippen molar-refractivity contribution in [1.29, 1.82) is 0 Å². The molecule has 0 aliphatic carbocycles. The standard InChI is InChI=1S/C14H19N3O4S/c1-10-13(17(18)19)3-2-4-14(10)22(20,21)16-11-5-6-12(16)9-15-8-7-11/h2-4,11-12,15H,5-9H2,1H3. The molecule has 0 saturated carbocycles. The Morgan fingerprint density at radius 2 is 2.00 bits per heavy atom. The van der Waals surface area contributed by atoms with E-state index < -0.39 is 14.9 Å². The van der Waals surface area contributed by atoms with Crippen molar-refractivity contribution in [3.05, 3.63) is 33.9 Å². The van der Waals surface area contributed by atoms with Crippen molar-refractivity contribution in [2.45, 2.75) is 43.2 Å². The zero-order chi connectivity index (χ0) is 15.9. The van der Waals surface area contributed by atoms with E-state index in [1.807, 2.05) is 0 Å². The van der Waals surface area contributed by atoms with E-state index in [-0.39, 0.29) is 28.2 Å². The van der Waals surface area contributed by atoms with Crippen LogP contribution in [0.4, 0.5) is 5.69 Å². The third-order valence-electron chi connectivity index (χ3n) is 4.59. The van der Waals surface area contributed by atoms with E-state index in [1.165, 1.54) is 25.1 Å². The average molecular weight is 325 g/mol. The highest BCUT2D eigenvalue weighted by molar-refractivity contribution is 7.89. The lowest BCUT2D eigenvalue weighted by Crippen LogP contribution is -2.42. The second-order valence-corrected chi connectivity index (χ2v) is 7.68. The van der Waals surface area contributed by atoms with Crippen LogP contribution in [0.3, 0.4) is 0 Å². The van der Waals surface area contributed by atoms with Crippen LogP contribution in [0.2, 0.25) is 0 Å². The first kappa shape index (κ1) is 15.4. The van der Waals surface area contributed by atoms with Crippen LogP contribution in [0.5, 0.6) is 0 Å². The first-order chi connectivity index (χ1) is 10.4. The summed E-state index contributed by atoms with van der Waals surface area (Å²) < 4.78 is 27.7. The van der Waals surface area contributed by atoms with E-state index >= 15 is 0 Å². The molecule has 120 valence electrons. The molecule has 8 heteroatoms. The summed E-state index contributed by atoms with van der Waals surface area (Å²) in [6, 6.07) is 4.18. The van der Waals surface area contributed by atoms with Crippen molar-refractivity contribution in [2.75, 3.05) is 13.1 Å². The fraction of sp³-hybridized carbons (Fsp3) is 0.571. The summed E-state index contributed by atoms with van der Waals surface area (Å²) in [5.74, 6) is 0. The number of nitrogens with one attached hydrogen (secondary N) is 1. The third kappa shape index (κ3) is 2.41. The Balaban J connectivity index is 2.07. The molecule has 2 saturated heterocycles. The maximum absolute atomic E-state index is 13.1. The lowest BCUT2D eigenvalue weighted by Gasteiger charge is -2.27. The fourth-order valence-corrected chi connectivity index (χ4v) is 5.67. The van der Waals surface area contributed by atoms with E-state index in [0.29, 0.717) is 6.54 Å². The van der Waals surface area contributed by atoms with Crippen LogP contribution in [0.25, 0.3) is 0 Å². The first-order valence-electron chi connectivity index (χ1n) is 7.41. The molecule has 2 aliphatic heterocycles. The number of nitro benzene ring substituents is 1. The monoisotopic (exact) mass is 325 g/mol. The van der Waals surface area contributed by atoms with Gasteiger partial charge in [-0.2, -0.15) is 4.31 Å². The number of hydrogen-bond acceptors (Lipinski definition) is 5. The highest BCUT2D eigenvalue weighted by atomic mass is 32.2. The lowest BCUT2D eigenvalue weighted by atomic mass is 10.1. The molecule has 2 atom stereocenters. The second kappa shape index (κ2) is 5.60. The van der Waals surface area contributed by atoms with Gasteiger partial charge >= 0.3 is 0 Å². The normalized spacial score (nSPS) is 25.9. The van der Waals surface area contributed by atoms with E-state index in [0.717, 1.165) is 25.8 Å². The van der Waals surface area contributed by atoms with Crippen LogP contribution in [-0.2, 0) is 10.0 Å². The first-order valence-corrected chi connectivity index (χ1v) is 8.85. The van der Waals surface area contributed by atoms with Crippen LogP contribution >= 0.6 is 0 Å². The van der Waals surface area contributed by atoms with Gasteiger partial charge in [0.2, 0.25) is 10.0 Å². The summed E-state index contributed by atoms with van der Waals surface area (Å²) in [6.07, 6.45) is 2.48. The van der Waals surface area contributed by atoms with Gasteiger partial charge in [0.05, 0.1) is 9.82 Å². The largest absolute Gasteiger partial charge is 0.315 e. The molecule has 3 rings (SSSR count). The van der Waals surface area contributed by atoms with Crippen LogP contribution in [0.15, 0.2) is 23.1 Å². The molecule has 2 bridgehead atoms. The highest BCUT2D eigenvalue weighted by Crippen LogP contribution is 2.36. The smallest absolute Gasteiger partial charge is 0.273 e. The van der Waals surface area contributed by atoms with Gasteiger partial charge in [-0.1, -0.05) is 6.07 Å². The van der Waals surface area contributed by atoms with Crippen molar-refractivity contribution >= 4 is 15.7 Å². The summed E-state index contributed by atoms with van der Waals surface area (Å²) in [6.45, 7) is 2.95. The van der Waals surface area contributed by atoms with Gasteiger partial charge in [0.25, 0.3) is 5.69 Å². The molecule has 22 heavy (non-hydrogen) atoms. The molecule has 0 amide bonds. The van der Waals surface area contributed by atoms with Crippen LogP contribution in [0.1, 0.15) is 24.8 Å². The Hall–Kier alpha value is -1.51. The van der Waals surface area contributed by atoms with Gasteiger partial charge in [0, 0.05) is 30.3 Å². The van der Waals surface area contributed by atoms with E-state index in [2.05, 4.69) is 5.32 Å². The van der Waals surface area contributed by atoms with Crippen LogP contribution < -0.4 is 5.32 Å². The van der Waals surface area contributed by atoms with Gasteiger partial charge in [-0.15, -0.1) is 0 Å². The SMILES string of the molecule is Cc1c([N+](=O)[O-])cccc1S(=O)(=O)N1C2CCNCC1CC2. The number of benzene rings is 1. The minimum Gasteiger partial charge on any atom is -0.315 e. The topological polar surface area (TPSA) is 92.5 Å². The van der Waals surface area contributed by atoms with Crippen LogP contribution in [0, 0.1) is 17.0 Å². The van der Waals surface area contributed by atoms with Crippen molar-refractivity contribution in [3.63, 3.8) is 0 Å². The average Bonchev–Trinajstić information content (AvgIpc) is 2.72. The van der Waals surface area contributed by atoms with Gasteiger partial charge in [0.15, 0.2) is 0 Å². The van der Waals surface area contributed by atoms with Gasteiger partial charge in [0.1, 0.15) is 0 Å². The zero-order valence-electron chi connectivity index (χ0n) is 12.4. The third-order valence-corrected chi connectivity index (χ3v) is 6.74. The Morgan fingerprint density at radius 1 is 1.27 bits per heavy atom. The molecule has 0 radical (unpaired) electrons. The minimum absolute atomic E-state index is 0.0105. The molecule has 2 aliphatic rings. The van der Waals surface area contributed by atoms with Gasteiger partial charge in [-0.05, 0) is 38.8 Å². The summed E-state index contributed by atoms with van der Waals surface area (Å²) in [5, 5.41) is 14.3. The molecule has 2 unspecified atom stereocenters. The van der Waals surface area contributed by atoms with Gasteiger partial charge in [-0.25, -0.2) is 8.42 Å². The van der Waals surface area contributed by atoms with Crippen molar-refractivity contribution in [3.8, 4) is 0 Å². The number of fused-ring (bicyclic) bond motifs is 2. The van der Waals surface area contributed by atoms with E-state index in [1.54, 1.807) is 4.31 Å². The molecule has 7 nitrogen and oxygen atoms in total. The summed E-state index contributed by atoms with van der Waals surface area (Å²) in [5.41, 5.74) is 0.0606. The second-order valence-electron chi connectivity index (χ2n) is 5.87. The molecule has 1 aromatic rings. The Morgan fingerprint density at radius 3 is 2.73 bits per heavy atom. The highest BCUT2D eigenvalue weighted by Gasteiger charge is 2.43.